The molecule has 0 aliphatic heterocycles. The second-order valence-electron chi connectivity index (χ2n) is 4.40. The SMILES string of the molecule is COc1ccccc1S(=O)(=O)N[C@H](C)c1ccccc1. The number of benzene rings is 2. The maximum atomic E-state index is 12.4. The first-order chi connectivity index (χ1) is 9.54. The molecular weight excluding hydrogens is 274 g/mol. The van der Waals surface area contributed by atoms with Crippen molar-refractivity contribution in [3.63, 3.8) is 0 Å². The van der Waals surface area contributed by atoms with Gasteiger partial charge in [-0.2, -0.15) is 0 Å². The highest BCUT2D eigenvalue weighted by atomic mass is 32.2. The van der Waals surface area contributed by atoms with Crippen LogP contribution in [0.25, 0.3) is 0 Å². The molecule has 0 spiro atoms. The van der Waals surface area contributed by atoms with E-state index in [1.165, 1.54) is 13.2 Å². The second-order valence-corrected chi connectivity index (χ2v) is 6.09. The molecule has 0 radical (unpaired) electrons. The Bertz CT molecular complexity index is 669. The lowest BCUT2D eigenvalue weighted by molar-refractivity contribution is 0.402. The van der Waals surface area contributed by atoms with Crippen molar-refractivity contribution in [3.8, 4) is 5.75 Å². The van der Waals surface area contributed by atoms with E-state index in [9.17, 15) is 8.42 Å². The van der Waals surface area contributed by atoms with Crippen LogP contribution < -0.4 is 9.46 Å². The molecule has 5 heteroatoms. The molecule has 0 bridgehead atoms. The molecule has 0 heterocycles. The van der Waals surface area contributed by atoms with Gasteiger partial charge >= 0.3 is 0 Å². The van der Waals surface area contributed by atoms with Crippen molar-refractivity contribution in [1.29, 1.82) is 0 Å². The van der Waals surface area contributed by atoms with E-state index in [1.54, 1.807) is 18.2 Å². The molecular formula is C15H17NO3S. The third kappa shape index (κ3) is 3.18. The second kappa shape index (κ2) is 6.07. The van der Waals surface area contributed by atoms with Crippen LogP contribution in [-0.4, -0.2) is 15.5 Å². The molecule has 4 nitrogen and oxygen atoms in total. The Morgan fingerprint density at radius 3 is 2.25 bits per heavy atom. The van der Waals surface area contributed by atoms with E-state index in [0.29, 0.717) is 5.75 Å². The van der Waals surface area contributed by atoms with Gasteiger partial charge in [0.1, 0.15) is 10.6 Å². The van der Waals surface area contributed by atoms with Crippen LogP contribution in [0.1, 0.15) is 18.5 Å². The standard InChI is InChI=1S/C15H17NO3S/c1-12(13-8-4-3-5-9-13)16-20(17,18)15-11-7-6-10-14(15)19-2/h3-12,16H,1-2H3/t12-/m1/s1. The van der Waals surface area contributed by atoms with Gasteiger partial charge in [0.2, 0.25) is 10.0 Å². The third-order valence-corrected chi connectivity index (χ3v) is 4.57. The van der Waals surface area contributed by atoms with Gasteiger partial charge in [-0.3, -0.25) is 0 Å². The topological polar surface area (TPSA) is 55.4 Å². The van der Waals surface area contributed by atoms with Gasteiger partial charge in [-0.1, -0.05) is 42.5 Å². The molecule has 0 saturated heterocycles. The van der Waals surface area contributed by atoms with E-state index in [-0.39, 0.29) is 10.9 Å². The average Bonchev–Trinajstić information content (AvgIpc) is 2.47. The van der Waals surface area contributed by atoms with Gasteiger partial charge in [0.05, 0.1) is 7.11 Å². The number of hydrogen-bond acceptors (Lipinski definition) is 3. The molecule has 0 unspecified atom stereocenters. The Balaban J connectivity index is 2.28. The first kappa shape index (κ1) is 14.6. The van der Waals surface area contributed by atoms with Gasteiger partial charge in [0.15, 0.2) is 0 Å². The molecule has 0 aliphatic carbocycles. The van der Waals surface area contributed by atoms with E-state index >= 15 is 0 Å². The zero-order valence-electron chi connectivity index (χ0n) is 11.4. The van der Waals surface area contributed by atoms with Crippen molar-refractivity contribution in [2.45, 2.75) is 17.9 Å². The number of para-hydroxylation sites is 1. The lowest BCUT2D eigenvalue weighted by Crippen LogP contribution is -2.27. The maximum Gasteiger partial charge on any atom is 0.244 e. The summed E-state index contributed by atoms with van der Waals surface area (Å²) in [6, 6.07) is 15.7. The summed E-state index contributed by atoms with van der Waals surface area (Å²) in [7, 11) is -2.17. The zero-order valence-corrected chi connectivity index (χ0v) is 12.2. The third-order valence-electron chi connectivity index (χ3n) is 2.99. The summed E-state index contributed by atoms with van der Waals surface area (Å²) in [6.45, 7) is 1.81. The van der Waals surface area contributed by atoms with E-state index in [0.717, 1.165) is 5.56 Å². The van der Waals surface area contributed by atoms with E-state index < -0.39 is 10.0 Å². The minimum Gasteiger partial charge on any atom is -0.495 e. The van der Waals surface area contributed by atoms with E-state index in [4.69, 9.17) is 4.74 Å². The summed E-state index contributed by atoms with van der Waals surface area (Å²) in [5.74, 6) is 0.334. The summed E-state index contributed by atoms with van der Waals surface area (Å²) in [5, 5.41) is 0. The molecule has 20 heavy (non-hydrogen) atoms. The summed E-state index contributed by atoms with van der Waals surface area (Å²) in [5.41, 5.74) is 0.908. The Kier molecular flexibility index (Phi) is 4.42. The average molecular weight is 291 g/mol. The summed E-state index contributed by atoms with van der Waals surface area (Å²) < 4.78 is 32.6. The minimum absolute atomic E-state index is 0.144. The lowest BCUT2D eigenvalue weighted by atomic mass is 10.1. The molecule has 0 saturated carbocycles. The van der Waals surface area contributed by atoms with E-state index in [2.05, 4.69) is 4.72 Å². The van der Waals surface area contributed by atoms with Crippen LogP contribution >= 0.6 is 0 Å². The van der Waals surface area contributed by atoms with E-state index in [1.807, 2.05) is 37.3 Å². The van der Waals surface area contributed by atoms with Gasteiger partial charge in [0.25, 0.3) is 0 Å². The molecule has 0 amide bonds. The van der Waals surface area contributed by atoms with Crippen molar-refractivity contribution in [1.82, 2.24) is 4.72 Å². The van der Waals surface area contributed by atoms with Crippen LogP contribution in [0.15, 0.2) is 59.5 Å². The number of hydrogen-bond donors (Lipinski definition) is 1. The summed E-state index contributed by atoms with van der Waals surface area (Å²) >= 11 is 0. The van der Waals surface area contributed by atoms with Gasteiger partial charge in [0, 0.05) is 6.04 Å². The van der Waals surface area contributed by atoms with Gasteiger partial charge < -0.3 is 4.74 Å². The number of nitrogens with one attached hydrogen (secondary N) is 1. The Labute approximate surface area is 119 Å². The van der Waals surface area contributed by atoms with Gasteiger partial charge in [-0.05, 0) is 24.6 Å². The van der Waals surface area contributed by atoms with Crippen molar-refractivity contribution >= 4 is 10.0 Å². The van der Waals surface area contributed by atoms with Crippen LogP contribution in [0.5, 0.6) is 5.75 Å². The minimum atomic E-state index is -3.63. The van der Waals surface area contributed by atoms with Crippen LogP contribution in [0.2, 0.25) is 0 Å². The molecule has 0 aliphatic rings. The molecule has 1 N–H and O–H groups in total. The number of rotatable bonds is 5. The van der Waals surface area contributed by atoms with Gasteiger partial charge in [-0.25, -0.2) is 13.1 Å². The highest BCUT2D eigenvalue weighted by molar-refractivity contribution is 7.89. The molecule has 1 atom stereocenters. The normalized spacial score (nSPS) is 12.9. The Hall–Kier alpha value is -1.85. The van der Waals surface area contributed by atoms with Crippen LogP contribution in [-0.2, 0) is 10.0 Å². The molecule has 0 aromatic heterocycles. The molecule has 2 aromatic carbocycles. The first-order valence-electron chi connectivity index (χ1n) is 6.25. The lowest BCUT2D eigenvalue weighted by Gasteiger charge is -2.16. The monoisotopic (exact) mass is 291 g/mol. The smallest absolute Gasteiger partial charge is 0.244 e. The van der Waals surface area contributed by atoms with Crippen LogP contribution in [0, 0.1) is 0 Å². The largest absolute Gasteiger partial charge is 0.495 e. The molecule has 2 rings (SSSR count). The Morgan fingerprint density at radius 1 is 1.00 bits per heavy atom. The summed E-state index contributed by atoms with van der Waals surface area (Å²) in [6.07, 6.45) is 0. The highest BCUT2D eigenvalue weighted by Crippen LogP contribution is 2.24. The van der Waals surface area contributed by atoms with Crippen molar-refractivity contribution in [3.05, 3.63) is 60.2 Å². The number of ether oxygens (including phenoxy) is 1. The van der Waals surface area contributed by atoms with Crippen LogP contribution in [0.3, 0.4) is 0 Å². The number of sulfonamides is 1. The molecule has 106 valence electrons. The quantitative estimate of drug-likeness (QED) is 0.921. The first-order valence-corrected chi connectivity index (χ1v) is 7.73. The Morgan fingerprint density at radius 2 is 1.60 bits per heavy atom. The summed E-state index contributed by atoms with van der Waals surface area (Å²) in [4.78, 5) is 0.144. The predicted octanol–water partition coefficient (Wildman–Crippen LogP) is 2.73. The maximum absolute atomic E-state index is 12.4. The zero-order chi connectivity index (χ0) is 14.6. The van der Waals surface area contributed by atoms with Crippen molar-refractivity contribution in [2.24, 2.45) is 0 Å². The highest BCUT2D eigenvalue weighted by Gasteiger charge is 2.21. The number of methoxy groups -OCH3 is 1. The molecule has 2 aromatic rings. The fraction of sp³-hybridized carbons (Fsp3) is 0.200. The van der Waals surface area contributed by atoms with Crippen LogP contribution in [0.4, 0.5) is 0 Å². The van der Waals surface area contributed by atoms with Gasteiger partial charge in [-0.15, -0.1) is 0 Å². The van der Waals surface area contributed by atoms with Crippen molar-refractivity contribution < 1.29 is 13.2 Å². The fourth-order valence-electron chi connectivity index (χ4n) is 1.95. The predicted molar refractivity (Wildman–Crippen MR) is 78.2 cm³/mol. The fourth-order valence-corrected chi connectivity index (χ4v) is 3.35. The molecule has 0 fully saturated rings. The van der Waals surface area contributed by atoms with Crippen molar-refractivity contribution in [2.75, 3.05) is 7.11 Å².